The van der Waals surface area contributed by atoms with Crippen LogP contribution >= 0.6 is 0 Å². The summed E-state index contributed by atoms with van der Waals surface area (Å²) in [6, 6.07) is 18.1. The highest BCUT2D eigenvalue weighted by Gasteiger charge is 2.47. The average Bonchev–Trinajstić information content (AvgIpc) is 2.52. The van der Waals surface area contributed by atoms with Gasteiger partial charge in [0.05, 0.1) is 11.5 Å². The van der Waals surface area contributed by atoms with Gasteiger partial charge in [0.15, 0.2) is 0 Å². The molecule has 1 N–H and O–H groups in total. The molecule has 2 aromatic rings. The molecule has 3 nitrogen and oxygen atoms in total. The molecule has 3 rings (SSSR count). The molecule has 0 radical (unpaired) electrons. The first kappa shape index (κ1) is 13.7. The molecule has 21 heavy (non-hydrogen) atoms. The highest BCUT2D eigenvalue weighted by Crippen LogP contribution is 2.42. The van der Waals surface area contributed by atoms with E-state index in [1.807, 2.05) is 68.4 Å². The minimum absolute atomic E-state index is 0.0604. The van der Waals surface area contributed by atoms with E-state index in [9.17, 15) is 4.79 Å². The Morgan fingerprint density at radius 2 is 1.86 bits per heavy atom. The van der Waals surface area contributed by atoms with Crippen molar-refractivity contribution in [1.29, 1.82) is 0 Å². The van der Waals surface area contributed by atoms with Crippen LogP contribution in [0.1, 0.15) is 31.0 Å². The summed E-state index contributed by atoms with van der Waals surface area (Å²) in [5.41, 5.74) is 1.88. The Kier molecular flexibility index (Phi) is 3.42. The van der Waals surface area contributed by atoms with Crippen molar-refractivity contribution in [3.63, 3.8) is 0 Å². The molecule has 0 aliphatic carbocycles. The normalized spacial score (nSPS) is 19.5. The van der Waals surface area contributed by atoms with Crippen LogP contribution in [0.2, 0.25) is 0 Å². The van der Waals surface area contributed by atoms with Gasteiger partial charge in [-0.2, -0.15) is 0 Å². The topological polar surface area (TPSA) is 38.3 Å². The number of benzene rings is 2. The number of β-lactam (4-membered cyclic amide) rings is 1. The van der Waals surface area contributed by atoms with Gasteiger partial charge in [0.1, 0.15) is 12.4 Å². The molecule has 0 aromatic heterocycles. The second kappa shape index (κ2) is 5.24. The number of amides is 1. The highest BCUT2D eigenvalue weighted by atomic mass is 16.5. The van der Waals surface area contributed by atoms with Gasteiger partial charge in [0.2, 0.25) is 5.91 Å². The lowest BCUT2D eigenvalue weighted by Gasteiger charge is -2.44. The molecule has 1 atom stereocenters. The summed E-state index contributed by atoms with van der Waals surface area (Å²) in [6.45, 7) is 4.48. The Morgan fingerprint density at radius 1 is 1.10 bits per heavy atom. The number of hydrogen-bond donors (Lipinski definition) is 1. The van der Waals surface area contributed by atoms with E-state index in [1.165, 1.54) is 0 Å². The van der Waals surface area contributed by atoms with Crippen molar-refractivity contribution in [2.75, 3.05) is 0 Å². The lowest BCUT2D eigenvalue weighted by Crippen LogP contribution is -2.57. The van der Waals surface area contributed by atoms with Gasteiger partial charge in [-0.1, -0.05) is 42.5 Å². The third kappa shape index (κ3) is 2.64. The van der Waals surface area contributed by atoms with Crippen molar-refractivity contribution in [3.05, 3.63) is 65.7 Å². The van der Waals surface area contributed by atoms with Gasteiger partial charge in [-0.3, -0.25) is 4.79 Å². The van der Waals surface area contributed by atoms with Gasteiger partial charge in [-0.25, -0.2) is 0 Å². The van der Waals surface area contributed by atoms with Gasteiger partial charge >= 0.3 is 0 Å². The van der Waals surface area contributed by atoms with Crippen LogP contribution in [0.5, 0.6) is 5.75 Å². The Labute approximate surface area is 124 Å². The SMILES string of the molecule is CC1(C)C(=O)NC1c1cccc(OCc2ccccc2)c1. The lowest BCUT2D eigenvalue weighted by atomic mass is 9.73. The standard InChI is InChI=1S/C18H19NO2/c1-18(2)16(19-17(18)20)14-9-6-10-15(11-14)21-12-13-7-4-3-5-8-13/h3-11,16H,12H2,1-2H3,(H,19,20). The van der Waals surface area contributed by atoms with Crippen LogP contribution in [-0.2, 0) is 11.4 Å². The van der Waals surface area contributed by atoms with Crippen LogP contribution in [0.25, 0.3) is 0 Å². The van der Waals surface area contributed by atoms with E-state index < -0.39 is 0 Å². The molecule has 0 spiro atoms. The number of rotatable bonds is 4. The maximum absolute atomic E-state index is 11.6. The fourth-order valence-electron chi connectivity index (χ4n) is 2.58. The van der Waals surface area contributed by atoms with Crippen LogP contribution in [-0.4, -0.2) is 5.91 Å². The van der Waals surface area contributed by atoms with Crippen molar-refractivity contribution < 1.29 is 9.53 Å². The van der Waals surface area contributed by atoms with E-state index in [0.717, 1.165) is 16.9 Å². The molecule has 1 amide bonds. The van der Waals surface area contributed by atoms with Crippen LogP contribution in [0.4, 0.5) is 0 Å². The van der Waals surface area contributed by atoms with E-state index in [1.54, 1.807) is 0 Å². The van der Waals surface area contributed by atoms with Crippen LogP contribution < -0.4 is 10.1 Å². The molecule has 0 saturated carbocycles. The number of carbonyl (C=O) groups is 1. The zero-order chi connectivity index (χ0) is 14.9. The predicted octanol–water partition coefficient (Wildman–Crippen LogP) is 3.46. The van der Waals surface area contributed by atoms with E-state index in [-0.39, 0.29) is 17.4 Å². The number of nitrogens with one attached hydrogen (secondary N) is 1. The number of carbonyl (C=O) groups excluding carboxylic acids is 1. The number of ether oxygens (including phenoxy) is 1. The van der Waals surface area contributed by atoms with Crippen molar-refractivity contribution in [1.82, 2.24) is 5.32 Å². The summed E-state index contributed by atoms with van der Waals surface area (Å²) in [6.07, 6.45) is 0. The minimum Gasteiger partial charge on any atom is -0.489 e. The Bertz CT molecular complexity index is 649. The van der Waals surface area contributed by atoms with Crippen molar-refractivity contribution in [3.8, 4) is 5.75 Å². The molecule has 1 saturated heterocycles. The first-order chi connectivity index (χ1) is 10.1. The molecule has 108 valence electrons. The molecule has 1 heterocycles. The fourth-order valence-corrected chi connectivity index (χ4v) is 2.58. The second-order valence-corrected chi connectivity index (χ2v) is 5.97. The molecule has 1 fully saturated rings. The smallest absolute Gasteiger partial charge is 0.228 e. The monoisotopic (exact) mass is 281 g/mol. The van der Waals surface area contributed by atoms with E-state index in [0.29, 0.717) is 6.61 Å². The highest BCUT2D eigenvalue weighted by molar-refractivity contribution is 5.89. The molecule has 1 aliphatic heterocycles. The zero-order valence-electron chi connectivity index (χ0n) is 12.3. The molecule has 0 bridgehead atoms. The first-order valence-electron chi connectivity index (χ1n) is 7.15. The van der Waals surface area contributed by atoms with Gasteiger partial charge in [-0.05, 0) is 37.1 Å². The first-order valence-corrected chi connectivity index (χ1v) is 7.15. The predicted molar refractivity (Wildman–Crippen MR) is 81.9 cm³/mol. The maximum atomic E-state index is 11.6. The van der Waals surface area contributed by atoms with Gasteiger partial charge in [-0.15, -0.1) is 0 Å². The summed E-state index contributed by atoms with van der Waals surface area (Å²) >= 11 is 0. The van der Waals surface area contributed by atoms with Gasteiger partial charge < -0.3 is 10.1 Å². The zero-order valence-corrected chi connectivity index (χ0v) is 12.3. The van der Waals surface area contributed by atoms with Crippen LogP contribution in [0.3, 0.4) is 0 Å². The van der Waals surface area contributed by atoms with Crippen molar-refractivity contribution >= 4 is 5.91 Å². The molecule has 3 heteroatoms. The summed E-state index contributed by atoms with van der Waals surface area (Å²) in [5.74, 6) is 0.927. The third-order valence-electron chi connectivity index (χ3n) is 4.02. The minimum atomic E-state index is -0.349. The fraction of sp³-hybridized carbons (Fsp3) is 0.278. The van der Waals surface area contributed by atoms with Gasteiger partial charge in [0.25, 0.3) is 0 Å². The van der Waals surface area contributed by atoms with Crippen molar-refractivity contribution in [2.45, 2.75) is 26.5 Å². The van der Waals surface area contributed by atoms with Crippen molar-refractivity contribution in [2.24, 2.45) is 5.41 Å². The van der Waals surface area contributed by atoms with Crippen LogP contribution in [0, 0.1) is 5.41 Å². The second-order valence-electron chi connectivity index (χ2n) is 5.97. The summed E-state index contributed by atoms with van der Waals surface area (Å²) in [7, 11) is 0. The molecular formula is C18H19NO2. The van der Waals surface area contributed by atoms with E-state index in [4.69, 9.17) is 4.74 Å². The van der Waals surface area contributed by atoms with Gasteiger partial charge in [0, 0.05) is 0 Å². The molecule has 1 unspecified atom stereocenters. The summed E-state index contributed by atoms with van der Waals surface area (Å²) < 4.78 is 5.83. The molecule has 2 aromatic carbocycles. The Hall–Kier alpha value is -2.29. The lowest BCUT2D eigenvalue weighted by molar-refractivity contribution is -0.143. The van der Waals surface area contributed by atoms with Crippen LogP contribution in [0.15, 0.2) is 54.6 Å². The average molecular weight is 281 g/mol. The summed E-state index contributed by atoms with van der Waals surface area (Å²) in [5, 5.41) is 2.96. The summed E-state index contributed by atoms with van der Waals surface area (Å²) in [4.78, 5) is 11.6. The largest absolute Gasteiger partial charge is 0.489 e. The Morgan fingerprint density at radius 3 is 2.52 bits per heavy atom. The third-order valence-corrected chi connectivity index (χ3v) is 4.02. The Balaban J connectivity index is 1.71. The quantitative estimate of drug-likeness (QED) is 0.872. The van der Waals surface area contributed by atoms with E-state index >= 15 is 0 Å². The number of hydrogen-bond acceptors (Lipinski definition) is 2. The maximum Gasteiger partial charge on any atom is 0.228 e. The molecular weight excluding hydrogens is 262 g/mol. The molecule has 1 aliphatic rings. The van der Waals surface area contributed by atoms with E-state index in [2.05, 4.69) is 5.32 Å².